The van der Waals surface area contributed by atoms with Crippen molar-refractivity contribution >= 4 is 12.0 Å². The Labute approximate surface area is 108 Å². The average molecular weight is 254 g/mol. The van der Waals surface area contributed by atoms with Crippen LogP contribution in [0.2, 0.25) is 0 Å². The van der Waals surface area contributed by atoms with Gasteiger partial charge in [-0.2, -0.15) is 0 Å². The molecule has 2 N–H and O–H groups in total. The largest absolute Gasteiger partial charge is 0.481 e. The van der Waals surface area contributed by atoms with Crippen LogP contribution in [0.1, 0.15) is 39.0 Å². The maximum Gasteiger partial charge on any atom is 0.317 e. The number of carbonyl (C=O) groups excluding carboxylic acids is 1. The number of rotatable bonds is 2. The molecule has 1 heterocycles. The summed E-state index contributed by atoms with van der Waals surface area (Å²) in [7, 11) is 0. The standard InChI is InChI=1S/C13H22N2O3/c1-9-7-15(8-11(9)12(16)17)13(18)14-10-5-3-2-4-6-10/h9-11H,2-8H2,1H3,(H,14,18)(H,16,17)/t9-,11-/m1/s1. The van der Waals surface area contributed by atoms with Crippen LogP contribution in [0.15, 0.2) is 0 Å². The van der Waals surface area contributed by atoms with Crippen molar-refractivity contribution in [1.82, 2.24) is 10.2 Å². The maximum atomic E-state index is 12.0. The Morgan fingerprint density at radius 1 is 1.17 bits per heavy atom. The second-order valence-corrected chi connectivity index (χ2v) is 5.61. The summed E-state index contributed by atoms with van der Waals surface area (Å²) in [6.07, 6.45) is 5.72. The van der Waals surface area contributed by atoms with Gasteiger partial charge in [-0.1, -0.05) is 26.2 Å². The fraction of sp³-hybridized carbons (Fsp3) is 0.846. The van der Waals surface area contributed by atoms with E-state index < -0.39 is 11.9 Å². The van der Waals surface area contributed by atoms with Crippen molar-refractivity contribution in [2.24, 2.45) is 11.8 Å². The van der Waals surface area contributed by atoms with Gasteiger partial charge in [-0.05, 0) is 18.8 Å². The Bertz CT molecular complexity index is 326. The number of carbonyl (C=O) groups is 2. The first-order chi connectivity index (χ1) is 8.58. The predicted octanol–water partition coefficient (Wildman–Crippen LogP) is 1.68. The zero-order valence-electron chi connectivity index (χ0n) is 10.9. The Morgan fingerprint density at radius 3 is 2.39 bits per heavy atom. The van der Waals surface area contributed by atoms with E-state index in [0.717, 1.165) is 12.8 Å². The molecule has 0 bridgehead atoms. The molecule has 2 aliphatic rings. The number of carboxylic acid groups (broad SMARTS) is 1. The van der Waals surface area contributed by atoms with Gasteiger partial charge in [-0.25, -0.2) is 4.79 Å². The van der Waals surface area contributed by atoms with E-state index in [2.05, 4.69) is 5.32 Å². The number of carboxylic acids is 1. The van der Waals surface area contributed by atoms with Crippen LogP contribution in [0.4, 0.5) is 4.79 Å². The molecule has 2 amide bonds. The van der Waals surface area contributed by atoms with Crippen LogP contribution < -0.4 is 5.32 Å². The highest BCUT2D eigenvalue weighted by molar-refractivity contribution is 5.77. The van der Waals surface area contributed by atoms with Crippen LogP contribution in [0.25, 0.3) is 0 Å². The van der Waals surface area contributed by atoms with Gasteiger partial charge in [0.2, 0.25) is 0 Å². The molecule has 1 aliphatic heterocycles. The molecule has 5 heteroatoms. The molecule has 1 aliphatic carbocycles. The quantitative estimate of drug-likeness (QED) is 0.787. The zero-order chi connectivity index (χ0) is 13.1. The molecule has 2 rings (SSSR count). The number of hydrogen-bond acceptors (Lipinski definition) is 2. The van der Waals surface area contributed by atoms with Gasteiger partial charge in [-0.15, -0.1) is 0 Å². The molecule has 5 nitrogen and oxygen atoms in total. The summed E-state index contributed by atoms with van der Waals surface area (Å²) in [4.78, 5) is 24.7. The van der Waals surface area contributed by atoms with Crippen molar-refractivity contribution in [2.45, 2.75) is 45.1 Å². The third kappa shape index (κ3) is 2.94. The first-order valence-electron chi connectivity index (χ1n) is 6.86. The highest BCUT2D eigenvalue weighted by atomic mass is 16.4. The number of amides is 2. The van der Waals surface area contributed by atoms with Gasteiger partial charge in [0.15, 0.2) is 0 Å². The van der Waals surface area contributed by atoms with Gasteiger partial charge in [-0.3, -0.25) is 4.79 Å². The van der Waals surface area contributed by atoms with Gasteiger partial charge < -0.3 is 15.3 Å². The summed E-state index contributed by atoms with van der Waals surface area (Å²) in [6, 6.07) is 0.197. The highest BCUT2D eigenvalue weighted by Gasteiger charge is 2.37. The van der Waals surface area contributed by atoms with Gasteiger partial charge >= 0.3 is 12.0 Å². The van der Waals surface area contributed by atoms with Crippen LogP contribution in [-0.4, -0.2) is 41.1 Å². The third-order valence-electron chi connectivity index (χ3n) is 4.15. The Balaban J connectivity index is 1.84. The van der Waals surface area contributed by atoms with Gasteiger partial charge in [0.1, 0.15) is 0 Å². The van der Waals surface area contributed by atoms with E-state index in [0.29, 0.717) is 13.1 Å². The van der Waals surface area contributed by atoms with E-state index in [1.807, 2.05) is 6.92 Å². The lowest BCUT2D eigenvalue weighted by Gasteiger charge is -2.26. The van der Waals surface area contributed by atoms with E-state index in [4.69, 9.17) is 5.11 Å². The number of nitrogens with zero attached hydrogens (tertiary/aromatic N) is 1. The number of urea groups is 1. The van der Waals surface area contributed by atoms with Crippen molar-refractivity contribution in [3.8, 4) is 0 Å². The van der Waals surface area contributed by atoms with E-state index in [1.165, 1.54) is 19.3 Å². The smallest absolute Gasteiger partial charge is 0.317 e. The summed E-state index contributed by atoms with van der Waals surface area (Å²) in [5, 5.41) is 12.1. The number of hydrogen-bond donors (Lipinski definition) is 2. The Hall–Kier alpha value is -1.26. The average Bonchev–Trinajstić information content (AvgIpc) is 2.73. The summed E-state index contributed by atoms with van der Waals surface area (Å²) in [6.45, 7) is 2.79. The summed E-state index contributed by atoms with van der Waals surface area (Å²) in [5.74, 6) is -1.17. The van der Waals surface area contributed by atoms with Crippen molar-refractivity contribution in [3.63, 3.8) is 0 Å². The van der Waals surface area contributed by atoms with Gasteiger partial charge in [0, 0.05) is 19.1 Å². The van der Waals surface area contributed by atoms with E-state index in [-0.39, 0.29) is 18.0 Å². The van der Waals surface area contributed by atoms with Crippen LogP contribution in [0.5, 0.6) is 0 Å². The molecule has 0 unspecified atom stereocenters. The van der Waals surface area contributed by atoms with Crippen molar-refractivity contribution in [3.05, 3.63) is 0 Å². The van der Waals surface area contributed by atoms with E-state index in [1.54, 1.807) is 4.90 Å². The Morgan fingerprint density at radius 2 is 1.83 bits per heavy atom. The van der Waals surface area contributed by atoms with Crippen LogP contribution >= 0.6 is 0 Å². The second kappa shape index (κ2) is 5.59. The van der Waals surface area contributed by atoms with Crippen molar-refractivity contribution in [1.29, 1.82) is 0 Å². The minimum absolute atomic E-state index is 0.0413. The lowest BCUT2D eigenvalue weighted by atomic mass is 9.96. The van der Waals surface area contributed by atoms with Crippen molar-refractivity contribution < 1.29 is 14.7 Å². The molecule has 1 saturated carbocycles. The minimum Gasteiger partial charge on any atom is -0.481 e. The lowest BCUT2D eigenvalue weighted by molar-refractivity contribution is -0.142. The topological polar surface area (TPSA) is 69.6 Å². The predicted molar refractivity (Wildman–Crippen MR) is 67.3 cm³/mol. The molecule has 0 aromatic carbocycles. The lowest BCUT2D eigenvalue weighted by Crippen LogP contribution is -2.44. The molecule has 0 radical (unpaired) electrons. The third-order valence-corrected chi connectivity index (χ3v) is 4.15. The van der Waals surface area contributed by atoms with Crippen LogP contribution in [-0.2, 0) is 4.79 Å². The summed E-state index contributed by atoms with van der Waals surface area (Å²) < 4.78 is 0. The van der Waals surface area contributed by atoms with Crippen LogP contribution in [0, 0.1) is 11.8 Å². The summed E-state index contributed by atoms with van der Waals surface area (Å²) >= 11 is 0. The van der Waals surface area contributed by atoms with Gasteiger partial charge in [0.25, 0.3) is 0 Å². The van der Waals surface area contributed by atoms with E-state index in [9.17, 15) is 9.59 Å². The fourth-order valence-corrected chi connectivity index (χ4v) is 2.97. The summed E-state index contributed by atoms with van der Waals surface area (Å²) in [5.41, 5.74) is 0. The number of nitrogens with one attached hydrogen (secondary N) is 1. The molecule has 2 fully saturated rings. The first kappa shape index (κ1) is 13.2. The molecule has 0 aromatic rings. The Kier molecular flexibility index (Phi) is 4.09. The molecule has 0 aromatic heterocycles. The molecule has 102 valence electrons. The normalized spacial score (nSPS) is 29.3. The monoisotopic (exact) mass is 254 g/mol. The minimum atomic E-state index is -0.796. The SMILES string of the molecule is C[C@@H]1CN(C(=O)NC2CCCCC2)C[C@H]1C(=O)O. The highest BCUT2D eigenvalue weighted by Crippen LogP contribution is 2.24. The maximum absolute atomic E-state index is 12.0. The molecular formula is C13H22N2O3. The second-order valence-electron chi connectivity index (χ2n) is 5.61. The van der Waals surface area contributed by atoms with Crippen molar-refractivity contribution in [2.75, 3.05) is 13.1 Å². The zero-order valence-corrected chi connectivity index (χ0v) is 10.9. The van der Waals surface area contributed by atoms with Gasteiger partial charge in [0.05, 0.1) is 5.92 Å². The number of likely N-dealkylation sites (tertiary alicyclic amines) is 1. The fourth-order valence-electron chi connectivity index (χ4n) is 2.97. The molecular weight excluding hydrogens is 232 g/mol. The molecule has 18 heavy (non-hydrogen) atoms. The van der Waals surface area contributed by atoms with E-state index >= 15 is 0 Å². The number of aliphatic carboxylic acids is 1. The van der Waals surface area contributed by atoms with Crippen LogP contribution in [0.3, 0.4) is 0 Å². The first-order valence-corrected chi connectivity index (χ1v) is 6.86. The molecule has 2 atom stereocenters. The molecule has 0 spiro atoms. The molecule has 1 saturated heterocycles.